The number of benzene rings is 3. The molecule has 0 aliphatic carbocycles. The van der Waals surface area contributed by atoms with Crippen LogP contribution in [0.4, 0.5) is 0 Å². The Kier molecular flexibility index (Phi) is 8.74. The Bertz CT molecular complexity index is 1430. The number of aryl methyl sites for hydroxylation is 1. The van der Waals surface area contributed by atoms with Crippen molar-refractivity contribution in [3.05, 3.63) is 123 Å². The molecule has 1 aromatic heterocycles. The molecule has 5 nitrogen and oxygen atoms in total. The summed E-state index contributed by atoms with van der Waals surface area (Å²) in [5.41, 5.74) is 10.2. The predicted octanol–water partition coefficient (Wildman–Crippen LogP) is 7.08. The van der Waals surface area contributed by atoms with E-state index < -0.39 is 0 Å². The van der Waals surface area contributed by atoms with E-state index in [0.717, 1.165) is 52.7 Å². The molecular weight excluding hydrogens is 548 g/mol. The molecule has 1 N–H and O–H groups in total. The number of carbonyl (C=O) groups is 1. The smallest absolute Gasteiger partial charge is 0.271 e. The monoisotopic (exact) mass is 582 g/mol. The molecule has 39 heavy (non-hydrogen) atoms. The highest BCUT2D eigenvalue weighted by Crippen LogP contribution is 2.24. The number of hydrogen-bond acceptors (Lipinski definition) is 3. The Hall–Kier alpha value is -3.48. The molecule has 6 heteroatoms. The fourth-order valence-electron chi connectivity index (χ4n) is 5.47. The Labute approximate surface area is 239 Å². The molecule has 3 aromatic carbocycles. The van der Waals surface area contributed by atoms with E-state index in [2.05, 4.69) is 110 Å². The standard InChI is InChI=1S/C33H35BrN4O/c1-24-19-30(25(2)38(24)32-10-6-9-31(34)21-32)22-35-36-33(39)29-13-11-28(12-14-29)23-37-17-15-27(16-18-37)20-26-7-4-3-5-8-26/h3-14,19,21-22,27H,15-18,20,23H2,1-2H3,(H,36,39)/b35-22+. The van der Waals surface area contributed by atoms with Crippen molar-refractivity contribution in [1.29, 1.82) is 0 Å². The van der Waals surface area contributed by atoms with Crippen molar-refractivity contribution in [1.82, 2.24) is 14.9 Å². The van der Waals surface area contributed by atoms with Crippen molar-refractivity contribution in [2.45, 2.75) is 39.7 Å². The van der Waals surface area contributed by atoms with Gasteiger partial charge in [0.25, 0.3) is 5.91 Å². The van der Waals surface area contributed by atoms with Crippen LogP contribution in [0.3, 0.4) is 0 Å². The van der Waals surface area contributed by atoms with Gasteiger partial charge in [-0.1, -0.05) is 64.5 Å². The zero-order valence-electron chi connectivity index (χ0n) is 22.6. The molecule has 1 aliphatic rings. The first kappa shape index (κ1) is 27.1. The maximum absolute atomic E-state index is 12.7. The second-order valence-electron chi connectivity index (χ2n) is 10.4. The zero-order valence-corrected chi connectivity index (χ0v) is 24.2. The van der Waals surface area contributed by atoms with Crippen LogP contribution in [0.1, 0.15) is 51.3 Å². The second kappa shape index (κ2) is 12.6. The molecule has 0 bridgehead atoms. The normalized spacial score (nSPS) is 14.6. The van der Waals surface area contributed by atoms with Crippen LogP contribution in [-0.2, 0) is 13.0 Å². The molecule has 1 amide bonds. The number of piperidine rings is 1. The molecule has 200 valence electrons. The molecule has 1 saturated heterocycles. The molecule has 1 fully saturated rings. The van der Waals surface area contributed by atoms with Crippen molar-refractivity contribution in [3.63, 3.8) is 0 Å². The van der Waals surface area contributed by atoms with Crippen molar-refractivity contribution >= 4 is 28.1 Å². The minimum atomic E-state index is -0.208. The van der Waals surface area contributed by atoms with E-state index in [4.69, 9.17) is 0 Å². The van der Waals surface area contributed by atoms with Gasteiger partial charge in [0.2, 0.25) is 0 Å². The molecule has 1 aliphatic heterocycles. The highest BCUT2D eigenvalue weighted by Gasteiger charge is 2.19. The summed E-state index contributed by atoms with van der Waals surface area (Å²) in [6.45, 7) is 7.29. The lowest BCUT2D eigenvalue weighted by molar-refractivity contribution is 0.0955. The Balaban J connectivity index is 1.12. The quantitative estimate of drug-likeness (QED) is 0.178. The largest absolute Gasteiger partial charge is 0.318 e. The molecule has 0 atom stereocenters. The summed E-state index contributed by atoms with van der Waals surface area (Å²) < 4.78 is 3.21. The number of hydrogen-bond donors (Lipinski definition) is 1. The number of nitrogens with zero attached hydrogens (tertiary/aromatic N) is 3. The number of rotatable bonds is 8. The van der Waals surface area contributed by atoms with Crippen LogP contribution >= 0.6 is 15.9 Å². The van der Waals surface area contributed by atoms with Crippen molar-refractivity contribution in [3.8, 4) is 5.69 Å². The van der Waals surface area contributed by atoms with Crippen LogP contribution < -0.4 is 5.43 Å². The Morgan fingerprint density at radius 1 is 0.949 bits per heavy atom. The van der Waals surface area contributed by atoms with Gasteiger partial charge < -0.3 is 4.57 Å². The number of likely N-dealkylation sites (tertiary alicyclic amines) is 1. The minimum absolute atomic E-state index is 0.208. The van der Waals surface area contributed by atoms with Gasteiger partial charge in [-0.15, -0.1) is 0 Å². The first-order valence-corrected chi connectivity index (χ1v) is 14.4. The third-order valence-electron chi connectivity index (χ3n) is 7.60. The Morgan fingerprint density at radius 2 is 1.69 bits per heavy atom. The Morgan fingerprint density at radius 3 is 2.41 bits per heavy atom. The molecule has 4 aromatic rings. The first-order valence-electron chi connectivity index (χ1n) is 13.6. The first-order chi connectivity index (χ1) is 19.0. The van der Waals surface area contributed by atoms with Crippen LogP contribution in [0, 0.1) is 19.8 Å². The van der Waals surface area contributed by atoms with E-state index in [1.165, 1.54) is 30.4 Å². The van der Waals surface area contributed by atoms with E-state index in [1.807, 2.05) is 24.3 Å². The molecule has 5 rings (SSSR count). The summed E-state index contributed by atoms with van der Waals surface area (Å²) in [5, 5.41) is 4.24. The van der Waals surface area contributed by atoms with Crippen LogP contribution in [0.2, 0.25) is 0 Å². The molecular formula is C33H35BrN4O. The number of amides is 1. The maximum Gasteiger partial charge on any atom is 0.271 e. The van der Waals surface area contributed by atoms with Gasteiger partial charge in [0, 0.05) is 39.2 Å². The van der Waals surface area contributed by atoms with Crippen molar-refractivity contribution in [2.24, 2.45) is 11.0 Å². The lowest BCUT2D eigenvalue weighted by Gasteiger charge is -2.32. The van der Waals surface area contributed by atoms with E-state index >= 15 is 0 Å². The molecule has 0 spiro atoms. The van der Waals surface area contributed by atoms with Crippen LogP contribution in [-0.4, -0.2) is 34.7 Å². The number of nitrogens with one attached hydrogen (secondary N) is 1. The molecule has 0 radical (unpaired) electrons. The van der Waals surface area contributed by atoms with E-state index in [-0.39, 0.29) is 5.91 Å². The highest BCUT2D eigenvalue weighted by atomic mass is 79.9. The van der Waals surface area contributed by atoms with Gasteiger partial charge in [-0.2, -0.15) is 5.10 Å². The third kappa shape index (κ3) is 6.94. The number of aromatic nitrogens is 1. The molecule has 0 saturated carbocycles. The summed E-state index contributed by atoms with van der Waals surface area (Å²) >= 11 is 3.55. The SMILES string of the molecule is Cc1cc(/C=N/NC(=O)c2ccc(CN3CCC(Cc4ccccc4)CC3)cc2)c(C)n1-c1cccc(Br)c1. The summed E-state index contributed by atoms with van der Waals surface area (Å²) in [7, 11) is 0. The fraction of sp³-hybridized carbons (Fsp3) is 0.273. The summed E-state index contributed by atoms with van der Waals surface area (Å²) in [5.74, 6) is 0.558. The van der Waals surface area contributed by atoms with Crippen molar-refractivity contribution < 1.29 is 4.79 Å². The predicted molar refractivity (Wildman–Crippen MR) is 163 cm³/mol. The van der Waals surface area contributed by atoms with Crippen LogP contribution in [0.5, 0.6) is 0 Å². The van der Waals surface area contributed by atoms with E-state index in [9.17, 15) is 4.79 Å². The van der Waals surface area contributed by atoms with Gasteiger partial charge >= 0.3 is 0 Å². The van der Waals surface area contributed by atoms with E-state index in [0.29, 0.717) is 5.56 Å². The topological polar surface area (TPSA) is 49.6 Å². The number of halogens is 1. The van der Waals surface area contributed by atoms with Gasteiger partial charge in [0.05, 0.1) is 6.21 Å². The lowest BCUT2D eigenvalue weighted by atomic mass is 9.90. The summed E-state index contributed by atoms with van der Waals surface area (Å²) in [6, 6.07) is 29.0. The van der Waals surface area contributed by atoms with Gasteiger partial charge in [0.15, 0.2) is 0 Å². The summed E-state index contributed by atoms with van der Waals surface area (Å²) in [6.07, 6.45) is 5.36. The summed E-state index contributed by atoms with van der Waals surface area (Å²) in [4.78, 5) is 15.2. The minimum Gasteiger partial charge on any atom is -0.318 e. The number of hydrazone groups is 1. The number of carbonyl (C=O) groups excluding carboxylic acids is 1. The van der Waals surface area contributed by atoms with Crippen LogP contribution in [0.25, 0.3) is 5.69 Å². The van der Waals surface area contributed by atoms with Gasteiger partial charge in [0.1, 0.15) is 0 Å². The van der Waals surface area contributed by atoms with Gasteiger partial charge in [-0.25, -0.2) is 5.43 Å². The zero-order chi connectivity index (χ0) is 27.2. The lowest BCUT2D eigenvalue weighted by Crippen LogP contribution is -2.33. The van der Waals surface area contributed by atoms with Crippen molar-refractivity contribution in [2.75, 3.05) is 13.1 Å². The van der Waals surface area contributed by atoms with Gasteiger partial charge in [-0.3, -0.25) is 9.69 Å². The molecule has 0 unspecified atom stereocenters. The van der Waals surface area contributed by atoms with Gasteiger partial charge in [-0.05, 0) is 99.6 Å². The van der Waals surface area contributed by atoms with Crippen LogP contribution in [0.15, 0.2) is 94.5 Å². The fourth-order valence-corrected chi connectivity index (χ4v) is 5.86. The average Bonchev–Trinajstić information content (AvgIpc) is 3.23. The average molecular weight is 584 g/mol. The molecule has 2 heterocycles. The van der Waals surface area contributed by atoms with E-state index in [1.54, 1.807) is 6.21 Å². The maximum atomic E-state index is 12.7. The second-order valence-corrected chi connectivity index (χ2v) is 11.4. The highest BCUT2D eigenvalue weighted by molar-refractivity contribution is 9.10. The third-order valence-corrected chi connectivity index (χ3v) is 8.10.